The van der Waals surface area contributed by atoms with Crippen LogP contribution in [0.4, 0.5) is 5.69 Å². The van der Waals surface area contributed by atoms with Crippen molar-refractivity contribution in [2.75, 3.05) is 5.32 Å². The predicted octanol–water partition coefficient (Wildman–Crippen LogP) is 2.72. The van der Waals surface area contributed by atoms with Gasteiger partial charge in [0.05, 0.1) is 11.6 Å². The summed E-state index contributed by atoms with van der Waals surface area (Å²) in [5.41, 5.74) is 0.182. The van der Waals surface area contributed by atoms with Crippen molar-refractivity contribution in [3.8, 4) is 17.3 Å². The van der Waals surface area contributed by atoms with Gasteiger partial charge in [-0.2, -0.15) is 0 Å². The zero-order valence-corrected chi connectivity index (χ0v) is 11.0. The van der Waals surface area contributed by atoms with Gasteiger partial charge in [-0.05, 0) is 24.3 Å². The van der Waals surface area contributed by atoms with Crippen LogP contribution in [0.5, 0.6) is 5.75 Å². The Hall–Kier alpha value is -3.02. The number of anilines is 1. The van der Waals surface area contributed by atoms with E-state index < -0.39 is 11.2 Å². The Labute approximate surface area is 118 Å². The second-order valence-electron chi connectivity index (χ2n) is 4.48. The molecule has 0 aliphatic heterocycles. The molecular formula is C15H11NO5. The number of nitrogens with one attached hydrogen (secondary N) is 1. The summed E-state index contributed by atoms with van der Waals surface area (Å²) in [4.78, 5) is 23.2. The molecule has 2 aromatic heterocycles. The summed E-state index contributed by atoms with van der Waals surface area (Å²) in [5, 5.41) is 12.8. The minimum Gasteiger partial charge on any atom is -0.501 e. The first-order chi connectivity index (χ1) is 10.1. The van der Waals surface area contributed by atoms with Gasteiger partial charge in [0.2, 0.25) is 22.8 Å². The minimum absolute atomic E-state index is 0.0440. The van der Waals surface area contributed by atoms with Crippen molar-refractivity contribution in [1.82, 2.24) is 0 Å². The Balaban J connectivity index is 2.25. The van der Waals surface area contributed by atoms with Crippen LogP contribution in [-0.4, -0.2) is 11.0 Å². The molecule has 21 heavy (non-hydrogen) atoms. The third-order valence-corrected chi connectivity index (χ3v) is 2.93. The van der Waals surface area contributed by atoms with Gasteiger partial charge in [-0.15, -0.1) is 0 Å². The van der Waals surface area contributed by atoms with Crippen LogP contribution in [0.3, 0.4) is 0 Å². The molecule has 0 aliphatic carbocycles. The van der Waals surface area contributed by atoms with Crippen molar-refractivity contribution in [3.63, 3.8) is 0 Å². The first-order valence-electron chi connectivity index (χ1n) is 6.17. The summed E-state index contributed by atoms with van der Waals surface area (Å²) in [6.45, 7) is 1.38. The quantitative estimate of drug-likeness (QED) is 0.755. The highest BCUT2D eigenvalue weighted by atomic mass is 16.4. The molecule has 2 heterocycles. The van der Waals surface area contributed by atoms with Crippen LogP contribution in [0.15, 0.2) is 50.2 Å². The van der Waals surface area contributed by atoms with Gasteiger partial charge in [0.15, 0.2) is 5.76 Å². The third kappa shape index (κ3) is 2.27. The summed E-state index contributed by atoms with van der Waals surface area (Å²) in [5.74, 6) is -0.541. The monoisotopic (exact) mass is 285 g/mol. The molecule has 0 radical (unpaired) electrons. The number of fused-ring (bicyclic) bond motifs is 1. The van der Waals surface area contributed by atoms with Crippen molar-refractivity contribution in [2.45, 2.75) is 6.92 Å². The molecule has 1 amide bonds. The molecule has 3 rings (SSSR count). The molecule has 6 heteroatoms. The Morgan fingerprint density at radius 2 is 2.10 bits per heavy atom. The summed E-state index contributed by atoms with van der Waals surface area (Å²) < 4.78 is 10.7. The second kappa shape index (κ2) is 4.82. The van der Waals surface area contributed by atoms with Crippen molar-refractivity contribution in [3.05, 3.63) is 46.8 Å². The largest absolute Gasteiger partial charge is 0.501 e. The summed E-state index contributed by atoms with van der Waals surface area (Å²) >= 11 is 0. The molecule has 0 aliphatic rings. The standard InChI is InChI=1S/C15H11NO5/c1-8(17)16-9-4-5-10-12(7-9)21-15(14(19)13(10)18)11-3-2-6-20-11/h2-7,19H,1H3,(H,16,17). The van der Waals surface area contributed by atoms with Crippen molar-refractivity contribution in [2.24, 2.45) is 0 Å². The zero-order valence-electron chi connectivity index (χ0n) is 11.0. The number of rotatable bonds is 2. The maximum absolute atomic E-state index is 12.1. The topological polar surface area (TPSA) is 92.7 Å². The molecule has 0 atom stereocenters. The van der Waals surface area contributed by atoms with Crippen LogP contribution >= 0.6 is 0 Å². The number of aromatic hydroxyl groups is 1. The van der Waals surface area contributed by atoms with Crippen LogP contribution < -0.4 is 10.7 Å². The number of hydrogen-bond acceptors (Lipinski definition) is 5. The molecule has 106 valence electrons. The third-order valence-electron chi connectivity index (χ3n) is 2.93. The van der Waals surface area contributed by atoms with Gasteiger partial charge in [-0.1, -0.05) is 0 Å². The first kappa shape index (κ1) is 13.0. The lowest BCUT2D eigenvalue weighted by Crippen LogP contribution is -2.07. The lowest BCUT2D eigenvalue weighted by atomic mass is 10.1. The Bertz CT molecular complexity index is 877. The molecule has 0 spiro atoms. The smallest absolute Gasteiger partial charge is 0.235 e. The Morgan fingerprint density at radius 3 is 2.76 bits per heavy atom. The molecule has 0 saturated carbocycles. The van der Waals surface area contributed by atoms with Crippen LogP contribution in [0.25, 0.3) is 22.5 Å². The molecule has 3 aromatic rings. The van der Waals surface area contributed by atoms with Gasteiger partial charge >= 0.3 is 0 Å². The van der Waals surface area contributed by atoms with Crippen molar-refractivity contribution in [1.29, 1.82) is 0 Å². The highest BCUT2D eigenvalue weighted by Crippen LogP contribution is 2.31. The zero-order chi connectivity index (χ0) is 15.0. The molecule has 0 saturated heterocycles. The average molecular weight is 285 g/mol. The Morgan fingerprint density at radius 1 is 1.29 bits per heavy atom. The molecule has 1 aromatic carbocycles. The molecule has 2 N–H and O–H groups in total. The van der Waals surface area contributed by atoms with Crippen LogP contribution in [-0.2, 0) is 4.79 Å². The summed E-state index contributed by atoms with van der Waals surface area (Å²) in [7, 11) is 0. The fraction of sp³-hybridized carbons (Fsp3) is 0.0667. The van der Waals surface area contributed by atoms with Gasteiger partial charge in [0.25, 0.3) is 0 Å². The van der Waals surface area contributed by atoms with Crippen LogP contribution in [0, 0.1) is 0 Å². The van der Waals surface area contributed by atoms with Gasteiger partial charge in [0, 0.05) is 18.7 Å². The number of carbonyl (C=O) groups is 1. The lowest BCUT2D eigenvalue weighted by molar-refractivity contribution is -0.114. The number of furan rings is 1. The van der Waals surface area contributed by atoms with E-state index in [1.165, 1.54) is 25.3 Å². The van der Waals surface area contributed by atoms with Gasteiger partial charge < -0.3 is 19.3 Å². The predicted molar refractivity (Wildman–Crippen MR) is 76.2 cm³/mol. The molecule has 0 fully saturated rings. The SMILES string of the molecule is CC(=O)Nc1ccc2c(=O)c(O)c(-c3ccco3)oc2c1. The second-order valence-corrected chi connectivity index (χ2v) is 4.48. The molecule has 6 nitrogen and oxygen atoms in total. The lowest BCUT2D eigenvalue weighted by Gasteiger charge is -2.06. The van der Waals surface area contributed by atoms with E-state index in [2.05, 4.69) is 5.32 Å². The van der Waals surface area contributed by atoms with E-state index in [1.807, 2.05) is 0 Å². The molecule has 0 bridgehead atoms. The maximum atomic E-state index is 12.1. The fourth-order valence-electron chi connectivity index (χ4n) is 2.04. The van der Waals surface area contributed by atoms with E-state index >= 15 is 0 Å². The van der Waals surface area contributed by atoms with Crippen LogP contribution in [0.1, 0.15) is 6.92 Å². The first-order valence-corrected chi connectivity index (χ1v) is 6.17. The maximum Gasteiger partial charge on any atom is 0.235 e. The van der Waals surface area contributed by atoms with Gasteiger partial charge in [0.1, 0.15) is 5.58 Å². The minimum atomic E-state index is -0.558. The van der Waals surface area contributed by atoms with Gasteiger partial charge in [-0.3, -0.25) is 9.59 Å². The highest BCUT2D eigenvalue weighted by Gasteiger charge is 2.17. The van der Waals surface area contributed by atoms with Crippen LogP contribution in [0.2, 0.25) is 0 Å². The van der Waals surface area contributed by atoms with E-state index in [0.717, 1.165) is 0 Å². The molecule has 0 unspecified atom stereocenters. The van der Waals surface area contributed by atoms with Gasteiger partial charge in [-0.25, -0.2) is 0 Å². The van der Waals surface area contributed by atoms with E-state index in [4.69, 9.17) is 8.83 Å². The van der Waals surface area contributed by atoms with Crippen molar-refractivity contribution >= 4 is 22.6 Å². The van der Waals surface area contributed by atoms with E-state index in [-0.39, 0.29) is 28.4 Å². The summed E-state index contributed by atoms with van der Waals surface area (Å²) in [6.07, 6.45) is 1.41. The average Bonchev–Trinajstić information content (AvgIpc) is 2.96. The summed E-state index contributed by atoms with van der Waals surface area (Å²) in [6, 6.07) is 7.75. The number of benzene rings is 1. The normalized spacial score (nSPS) is 10.7. The fourth-order valence-corrected chi connectivity index (χ4v) is 2.04. The van der Waals surface area contributed by atoms with E-state index in [9.17, 15) is 14.7 Å². The number of amides is 1. The van der Waals surface area contributed by atoms with E-state index in [1.54, 1.807) is 18.2 Å². The highest BCUT2D eigenvalue weighted by molar-refractivity contribution is 5.92. The molecular weight excluding hydrogens is 274 g/mol. The van der Waals surface area contributed by atoms with E-state index in [0.29, 0.717) is 5.69 Å². The number of hydrogen-bond donors (Lipinski definition) is 2. The number of carbonyl (C=O) groups excluding carboxylic acids is 1. The van der Waals surface area contributed by atoms with Crippen molar-refractivity contribution < 1.29 is 18.7 Å². The Kier molecular flexibility index (Phi) is 2.98.